The third-order valence-electron chi connectivity index (χ3n) is 1.55. The van der Waals surface area contributed by atoms with Crippen LogP contribution in [0.4, 0.5) is 0 Å². The molecule has 1 aromatic rings. The van der Waals surface area contributed by atoms with E-state index in [1.165, 1.54) is 11.6 Å². The fourth-order valence-corrected chi connectivity index (χ4v) is 2.15. The Labute approximate surface area is 64.3 Å². The normalized spacial score (nSPS) is 18.2. The molecule has 1 aromatic heterocycles. The summed E-state index contributed by atoms with van der Waals surface area (Å²) in [6.45, 7) is 0. The van der Waals surface area contributed by atoms with Gasteiger partial charge in [0.25, 0.3) is 0 Å². The standard InChI is InChI=1S/C7H5NO2S/c9-11(10)4-2-6-1-3-8-5-7(6)11/h1-5H. The molecule has 2 heterocycles. The molecule has 0 saturated heterocycles. The second-order valence-corrected chi connectivity index (χ2v) is 4.06. The Morgan fingerprint density at radius 2 is 2.18 bits per heavy atom. The third kappa shape index (κ3) is 0.867. The molecule has 1 aliphatic heterocycles. The van der Waals surface area contributed by atoms with E-state index in [-0.39, 0.29) is 0 Å². The van der Waals surface area contributed by atoms with Crippen molar-refractivity contribution in [3.8, 4) is 0 Å². The SMILES string of the molecule is O=S1(=O)C=Cc2ccncc21. The van der Waals surface area contributed by atoms with Crippen molar-refractivity contribution in [1.29, 1.82) is 0 Å². The van der Waals surface area contributed by atoms with E-state index in [2.05, 4.69) is 4.98 Å². The average Bonchev–Trinajstić information content (AvgIpc) is 2.29. The van der Waals surface area contributed by atoms with Crippen LogP contribution < -0.4 is 0 Å². The summed E-state index contributed by atoms with van der Waals surface area (Å²) in [5.74, 6) is 0. The molecule has 0 amide bonds. The van der Waals surface area contributed by atoms with Crippen molar-refractivity contribution in [2.24, 2.45) is 0 Å². The number of nitrogens with zero attached hydrogens (tertiary/aromatic N) is 1. The van der Waals surface area contributed by atoms with Gasteiger partial charge in [-0.25, -0.2) is 8.42 Å². The van der Waals surface area contributed by atoms with Gasteiger partial charge in [-0.05, 0) is 17.7 Å². The van der Waals surface area contributed by atoms with E-state index in [9.17, 15) is 8.42 Å². The van der Waals surface area contributed by atoms with Gasteiger partial charge < -0.3 is 0 Å². The molecule has 0 radical (unpaired) electrons. The van der Waals surface area contributed by atoms with Crippen molar-refractivity contribution in [2.75, 3.05) is 0 Å². The molecule has 0 N–H and O–H groups in total. The Kier molecular flexibility index (Phi) is 1.14. The maximum atomic E-state index is 11.1. The zero-order chi connectivity index (χ0) is 7.90. The summed E-state index contributed by atoms with van der Waals surface area (Å²) in [5.41, 5.74) is 0.722. The van der Waals surface area contributed by atoms with Crippen LogP contribution in [0.25, 0.3) is 6.08 Å². The molecule has 2 rings (SSSR count). The number of hydrogen-bond donors (Lipinski definition) is 0. The van der Waals surface area contributed by atoms with E-state index < -0.39 is 9.84 Å². The van der Waals surface area contributed by atoms with Crippen LogP contribution in [-0.4, -0.2) is 13.4 Å². The van der Waals surface area contributed by atoms with E-state index in [1.54, 1.807) is 18.3 Å². The lowest BCUT2D eigenvalue weighted by atomic mass is 10.3. The minimum absolute atomic E-state index is 0.306. The first kappa shape index (κ1) is 6.54. The summed E-state index contributed by atoms with van der Waals surface area (Å²) in [4.78, 5) is 4.04. The van der Waals surface area contributed by atoms with Gasteiger partial charge in [0.15, 0.2) is 0 Å². The van der Waals surface area contributed by atoms with Gasteiger partial charge in [0.05, 0.1) is 4.90 Å². The van der Waals surface area contributed by atoms with Crippen LogP contribution in [0.1, 0.15) is 5.56 Å². The molecule has 56 valence electrons. The third-order valence-corrected chi connectivity index (χ3v) is 3.00. The highest BCUT2D eigenvalue weighted by Crippen LogP contribution is 2.24. The molecule has 0 atom stereocenters. The topological polar surface area (TPSA) is 47.0 Å². The van der Waals surface area contributed by atoms with Crippen LogP contribution in [-0.2, 0) is 9.84 Å². The molecular weight excluding hydrogens is 162 g/mol. The zero-order valence-corrected chi connectivity index (χ0v) is 6.38. The summed E-state index contributed by atoms with van der Waals surface area (Å²) >= 11 is 0. The molecule has 0 spiro atoms. The van der Waals surface area contributed by atoms with E-state index in [0.717, 1.165) is 5.56 Å². The van der Waals surface area contributed by atoms with E-state index in [0.29, 0.717) is 4.90 Å². The minimum atomic E-state index is -3.15. The van der Waals surface area contributed by atoms with Crippen molar-refractivity contribution in [3.63, 3.8) is 0 Å². The number of sulfone groups is 1. The van der Waals surface area contributed by atoms with E-state index >= 15 is 0 Å². The van der Waals surface area contributed by atoms with Crippen molar-refractivity contribution >= 4 is 15.9 Å². The summed E-state index contributed by atoms with van der Waals surface area (Å²) in [6, 6.07) is 1.68. The second kappa shape index (κ2) is 1.92. The maximum Gasteiger partial charge on any atom is 0.201 e. The molecular formula is C7H5NO2S. The molecule has 0 aliphatic carbocycles. The molecule has 3 nitrogen and oxygen atoms in total. The first-order chi connectivity index (χ1) is 5.20. The lowest BCUT2D eigenvalue weighted by Gasteiger charge is -1.93. The van der Waals surface area contributed by atoms with Gasteiger partial charge in [0, 0.05) is 17.8 Å². The molecule has 0 saturated carbocycles. The van der Waals surface area contributed by atoms with Crippen LogP contribution in [0.5, 0.6) is 0 Å². The van der Waals surface area contributed by atoms with Gasteiger partial charge in [-0.1, -0.05) is 0 Å². The summed E-state index contributed by atoms with van der Waals surface area (Å²) in [6.07, 6.45) is 4.51. The molecule has 0 unspecified atom stereocenters. The van der Waals surface area contributed by atoms with Crippen LogP contribution in [0.15, 0.2) is 28.8 Å². The first-order valence-corrected chi connectivity index (χ1v) is 4.62. The highest BCUT2D eigenvalue weighted by atomic mass is 32.2. The molecule has 0 fully saturated rings. The number of aromatic nitrogens is 1. The molecule has 1 aliphatic rings. The smallest absolute Gasteiger partial charge is 0.201 e. The van der Waals surface area contributed by atoms with Crippen LogP contribution >= 0.6 is 0 Å². The van der Waals surface area contributed by atoms with Crippen molar-refractivity contribution in [2.45, 2.75) is 4.90 Å². The van der Waals surface area contributed by atoms with Gasteiger partial charge in [0.2, 0.25) is 9.84 Å². The number of pyridine rings is 1. The second-order valence-electron chi connectivity index (χ2n) is 2.26. The minimum Gasteiger partial charge on any atom is -0.263 e. The lowest BCUT2D eigenvalue weighted by Crippen LogP contribution is -1.93. The summed E-state index contributed by atoms with van der Waals surface area (Å²) < 4.78 is 22.3. The van der Waals surface area contributed by atoms with Gasteiger partial charge in [0.1, 0.15) is 0 Å². The summed E-state index contributed by atoms with van der Waals surface area (Å²) in [7, 11) is -3.15. The van der Waals surface area contributed by atoms with Crippen LogP contribution in [0, 0.1) is 0 Å². The predicted octanol–water partition coefficient (Wildman–Crippen LogP) is 0.840. The number of hydrogen-bond acceptors (Lipinski definition) is 3. The Balaban J connectivity index is 2.84. The monoisotopic (exact) mass is 167 g/mol. The lowest BCUT2D eigenvalue weighted by molar-refractivity contribution is 0.605. The van der Waals surface area contributed by atoms with Gasteiger partial charge in [-0.15, -0.1) is 0 Å². The van der Waals surface area contributed by atoms with Crippen molar-refractivity contribution in [3.05, 3.63) is 29.4 Å². The molecule has 11 heavy (non-hydrogen) atoms. The zero-order valence-electron chi connectivity index (χ0n) is 5.56. The first-order valence-electron chi connectivity index (χ1n) is 3.07. The predicted molar refractivity (Wildman–Crippen MR) is 40.5 cm³/mol. The fourth-order valence-electron chi connectivity index (χ4n) is 1.00. The van der Waals surface area contributed by atoms with Gasteiger partial charge in [-0.2, -0.15) is 0 Å². The quantitative estimate of drug-likeness (QED) is 0.575. The largest absolute Gasteiger partial charge is 0.263 e. The van der Waals surface area contributed by atoms with Gasteiger partial charge >= 0.3 is 0 Å². The van der Waals surface area contributed by atoms with Crippen molar-refractivity contribution in [1.82, 2.24) is 4.98 Å². The summed E-state index contributed by atoms with van der Waals surface area (Å²) in [5, 5.41) is 1.19. The average molecular weight is 167 g/mol. The molecule has 4 heteroatoms. The Morgan fingerprint density at radius 1 is 1.36 bits per heavy atom. The Morgan fingerprint density at radius 3 is 2.91 bits per heavy atom. The fraction of sp³-hybridized carbons (Fsp3) is 0. The van der Waals surface area contributed by atoms with Gasteiger partial charge in [-0.3, -0.25) is 4.98 Å². The maximum absolute atomic E-state index is 11.1. The highest BCUT2D eigenvalue weighted by molar-refractivity contribution is 7.94. The van der Waals surface area contributed by atoms with Crippen molar-refractivity contribution < 1.29 is 8.42 Å². The number of fused-ring (bicyclic) bond motifs is 1. The molecule has 0 bridgehead atoms. The van der Waals surface area contributed by atoms with Crippen LogP contribution in [0.2, 0.25) is 0 Å². The number of rotatable bonds is 0. The van der Waals surface area contributed by atoms with E-state index in [1.807, 2.05) is 0 Å². The highest BCUT2D eigenvalue weighted by Gasteiger charge is 2.19. The Bertz CT molecular complexity index is 420. The van der Waals surface area contributed by atoms with Crippen LogP contribution in [0.3, 0.4) is 0 Å². The molecule has 0 aromatic carbocycles. The van der Waals surface area contributed by atoms with E-state index in [4.69, 9.17) is 0 Å². The Hall–Kier alpha value is -1.16.